The van der Waals surface area contributed by atoms with Gasteiger partial charge in [-0.3, -0.25) is 4.79 Å². The van der Waals surface area contributed by atoms with Crippen LogP contribution in [0.5, 0.6) is 0 Å². The van der Waals surface area contributed by atoms with Gasteiger partial charge in [-0.05, 0) is 31.0 Å². The lowest BCUT2D eigenvalue weighted by Gasteiger charge is -2.16. The summed E-state index contributed by atoms with van der Waals surface area (Å²) < 4.78 is 24.3. The lowest BCUT2D eigenvalue weighted by Crippen LogP contribution is -2.19. The Bertz CT molecular complexity index is 730. The fourth-order valence-electron chi connectivity index (χ4n) is 2.56. The number of hydrogen-bond donors (Lipinski definition) is 1. The van der Waals surface area contributed by atoms with Crippen LogP contribution in [0.25, 0.3) is 0 Å². The maximum atomic E-state index is 13.2. The zero-order valence-corrected chi connectivity index (χ0v) is 13.6. The standard InChI is InChI=1S/C18H19FN2O3/c1-3-5-14-17(23-4-2)16(22)15(13(10-20)18(21)24-14)11-6-8-12(19)9-7-11/h6-9,15H,3-5,21H2,1-2H3. The third-order valence-electron chi connectivity index (χ3n) is 3.62. The minimum Gasteiger partial charge on any atom is -0.487 e. The quantitative estimate of drug-likeness (QED) is 0.895. The molecule has 2 rings (SSSR count). The predicted molar refractivity (Wildman–Crippen MR) is 85.6 cm³/mol. The molecule has 0 saturated carbocycles. The second kappa shape index (κ2) is 7.64. The molecule has 1 atom stereocenters. The number of halogens is 1. The van der Waals surface area contributed by atoms with Crippen LogP contribution in [0.4, 0.5) is 4.39 Å². The minimum absolute atomic E-state index is 0.00471. The number of ketones is 1. The highest BCUT2D eigenvalue weighted by Crippen LogP contribution is 2.35. The fourth-order valence-corrected chi connectivity index (χ4v) is 2.56. The molecule has 2 N–H and O–H groups in total. The molecule has 0 saturated heterocycles. The van der Waals surface area contributed by atoms with Gasteiger partial charge in [0.2, 0.25) is 17.4 Å². The van der Waals surface area contributed by atoms with E-state index in [2.05, 4.69) is 0 Å². The van der Waals surface area contributed by atoms with E-state index in [0.717, 1.165) is 6.42 Å². The Hall–Kier alpha value is -2.81. The molecule has 0 spiro atoms. The summed E-state index contributed by atoms with van der Waals surface area (Å²) in [5.74, 6) is -1.56. The van der Waals surface area contributed by atoms with Crippen LogP contribution >= 0.6 is 0 Å². The molecule has 0 aromatic heterocycles. The summed E-state index contributed by atoms with van der Waals surface area (Å²) in [5, 5.41) is 9.47. The van der Waals surface area contributed by atoms with E-state index in [4.69, 9.17) is 15.2 Å². The van der Waals surface area contributed by atoms with Gasteiger partial charge in [-0.2, -0.15) is 5.26 Å². The Labute approximate surface area is 140 Å². The molecule has 0 bridgehead atoms. The molecular weight excluding hydrogens is 311 g/mol. The number of benzene rings is 1. The first-order chi connectivity index (χ1) is 11.5. The topological polar surface area (TPSA) is 85.3 Å². The molecule has 0 amide bonds. The first-order valence-electron chi connectivity index (χ1n) is 7.76. The molecule has 1 heterocycles. The van der Waals surface area contributed by atoms with Gasteiger partial charge in [0.1, 0.15) is 17.5 Å². The minimum atomic E-state index is -0.980. The molecule has 5 nitrogen and oxygen atoms in total. The van der Waals surface area contributed by atoms with Crippen molar-refractivity contribution in [1.82, 2.24) is 0 Å². The zero-order chi connectivity index (χ0) is 17.7. The Morgan fingerprint density at radius 1 is 1.33 bits per heavy atom. The van der Waals surface area contributed by atoms with Crippen molar-refractivity contribution in [3.05, 3.63) is 58.6 Å². The average molecular weight is 330 g/mol. The summed E-state index contributed by atoms with van der Waals surface area (Å²) in [6, 6.07) is 7.32. The number of allylic oxidation sites excluding steroid dienone is 3. The van der Waals surface area contributed by atoms with E-state index >= 15 is 0 Å². The van der Waals surface area contributed by atoms with Crippen LogP contribution in [0.1, 0.15) is 38.2 Å². The smallest absolute Gasteiger partial charge is 0.213 e. The van der Waals surface area contributed by atoms with Crippen LogP contribution < -0.4 is 5.73 Å². The Balaban J connectivity index is 2.61. The highest BCUT2D eigenvalue weighted by atomic mass is 19.1. The molecule has 24 heavy (non-hydrogen) atoms. The normalized spacial score (nSPS) is 18.1. The fraction of sp³-hybridized carbons (Fsp3) is 0.333. The van der Waals surface area contributed by atoms with Crippen molar-refractivity contribution < 1.29 is 18.7 Å². The average Bonchev–Trinajstić information content (AvgIpc) is 2.66. The number of rotatable bonds is 5. The van der Waals surface area contributed by atoms with Gasteiger partial charge in [-0.15, -0.1) is 0 Å². The highest BCUT2D eigenvalue weighted by molar-refractivity contribution is 6.02. The van der Waals surface area contributed by atoms with Gasteiger partial charge < -0.3 is 15.2 Å². The summed E-state index contributed by atoms with van der Waals surface area (Å²) in [4.78, 5) is 13.0. The Morgan fingerprint density at radius 3 is 2.54 bits per heavy atom. The summed E-state index contributed by atoms with van der Waals surface area (Å²) in [6.45, 7) is 3.96. The summed E-state index contributed by atoms with van der Waals surface area (Å²) in [6.07, 6.45) is 1.17. The maximum Gasteiger partial charge on any atom is 0.213 e. The number of nitrogens with zero attached hydrogens (tertiary/aromatic N) is 1. The van der Waals surface area contributed by atoms with Crippen LogP contribution in [0.2, 0.25) is 0 Å². The molecule has 0 fully saturated rings. The number of hydrogen-bond acceptors (Lipinski definition) is 5. The van der Waals surface area contributed by atoms with Gasteiger partial charge >= 0.3 is 0 Å². The summed E-state index contributed by atoms with van der Waals surface area (Å²) >= 11 is 0. The van der Waals surface area contributed by atoms with Gasteiger partial charge in [-0.1, -0.05) is 19.1 Å². The van der Waals surface area contributed by atoms with Crippen LogP contribution in [-0.4, -0.2) is 12.4 Å². The molecule has 0 radical (unpaired) electrons. The number of carbonyl (C=O) groups is 1. The second-order valence-corrected chi connectivity index (χ2v) is 5.28. The van der Waals surface area contributed by atoms with Gasteiger partial charge in [-0.25, -0.2) is 4.39 Å². The van der Waals surface area contributed by atoms with E-state index in [1.54, 1.807) is 6.92 Å². The third-order valence-corrected chi connectivity index (χ3v) is 3.62. The molecule has 126 valence electrons. The van der Waals surface area contributed by atoms with Crippen molar-refractivity contribution in [2.45, 2.75) is 32.6 Å². The predicted octanol–water partition coefficient (Wildman–Crippen LogP) is 3.25. The van der Waals surface area contributed by atoms with Crippen LogP contribution in [-0.2, 0) is 14.3 Å². The van der Waals surface area contributed by atoms with E-state index in [1.807, 2.05) is 13.0 Å². The van der Waals surface area contributed by atoms with Crippen molar-refractivity contribution in [2.75, 3.05) is 6.61 Å². The summed E-state index contributed by atoms with van der Waals surface area (Å²) in [5.41, 5.74) is 6.36. The van der Waals surface area contributed by atoms with Gasteiger partial charge in [0, 0.05) is 6.42 Å². The van der Waals surface area contributed by atoms with Crippen molar-refractivity contribution >= 4 is 5.78 Å². The van der Waals surface area contributed by atoms with Crippen LogP contribution in [0, 0.1) is 17.1 Å². The van der Waals surface area contributed by atoms with E-state index < -0.39 is 17.5 Å². The molecule has 1 unspecified atom stereocenters. The number of Topliss-reactive ketones (excluding diaryl/α,β-unsaturated/α-hetero) is 1. The first kappa shape index (κ1) is 17.5. The maximum absolute atomic E-state index is 13.2. The Morgan fingerprint density at radius 2 is 2.00 bits per heavy atom. The highest BCUT2D eigenvalue weighted by Gasteiger charge is 2.36. The van der Waals surface area contributed by atoms with Gasteiger partial charge in [0.15, 0.2) is 5.76 Å². The number of nitriles is 1. The summed E-state index contributed by atoms with van der Waals surface area (Å²) in [7, 11) is 0. The lowest BCUT2D eigenvalue weighted by atomic mass is 9.87. The zero-order valence-electron chi connectivity index (χ0n) is 13.6. The van der Waals surface area contributed by atoms with Crippen molar-refractivity contribution in [1.29, 1.82) is 5.26 Å². The SMILES string of the molecule is CCCC1=C(OCC)C(=O)C(c2ccc(F)cc2)C(C#N)=C(N)O1. The van der Waals surface area contributed by atoms with Crippen LogP contribution in [0.3, 0.4) is 0 Å². The number of carbonyl (C=O) groups excluding carboxylic acids is 1. The molecule has 6 heteroatoms. The van der Waals surface area contributed by atoms with Crippen molar-refractivity contribution in [3.63, 3.8) is 0 Å². The molecular formula is C18H19FN2O3. The Kier molecular flexibility index (Phi) is 5.59. The van der Waals surface area contributed by atoms with Crippen LogP contribution in [0.15, 0.2) is 47.2 Å². The molecule has 1 aliphatic rings. The molecule has 0 aliphatic carbocycles. The second-order valence-electron chi connectivity index (χ2n) is 5.28. The van der Waals surface area contributed by atoms with Crippen molar-refractivity contribution in [2.24, 2.45) is 5.73 Å². The molecule has 1 aromatic carbocycles. The van der Waals surface area contributed by atoms with E-state index in [-0.39, 0.29) is 23.8 Å². The number of nitrogens with two attached hydrogens (primary N) is 1. The van der Waals surface area contributed by atoms with Gasteiger partial charge in [0.25, 0.3) is 0 Å². The van der Waals surface area contributed by atoms with Gasteiger partial charge in [0.05, 0.1) is 12.5 Å². The van der Waals surface area contributed by atoms with Crippen molar-refractivity contribution in [3.8, 4) is 6.07 Å². The van der Waals surface area contributed by atoms with E-state index in [9.17, 15) is 14.4 Å². The van der Waals surface area contributed by atoms with E-state index in [1.165, 1.54) is 24.3 Å². The first-order valence-corrected chi connectivity index (χ1v) is 7.76. The monoisotopic (exact) mass is 330 g/mol. The third kappa shape index (κ3) is 3.40. The largest absolute Gasteiger partial charge is 0.487 e. The molecule has 1 aliphatic heterocycles. The molecule has 1 aromatic rings. The van der Waals surface area contributed by atoms with E-state index in [0.29, 0.717) is 17.7 Å². The number of ether oxygens (including phenoxy) is 2. The lowest BCUT2D eigenvalue weighted by molar-refractivity contribution is -0.119.